The van der Waals surface area contributed by atoms with Gasteiger partial charge in [-0.1, -0.05) is 127 Å². The molecule has 0 aliphatic carbocycles. The zero-order chi connectivity index (χ0) is 30.2. The zero-order valence-corrected chi connectivity index (χ0v) is 25.0. The molecule has 0 amide bonds. The normalized spacial score (nSPS) is 11.2. The second kappa shape index (κ2) is 11.3. The largest absolute Gasteiger partial charge is 0.456 e. The molecule has 0 N–H and O–H groups in total. The van der Waals surface area contributed by atoms with Gasteiger partial charge in [0.15, 0.2) is 0 Å². The van der Waals surface area contributed by atoms with Gasteiger partial charge in [-0.3, -0.25) is 0 Å². The molecular formula is C43H31NO. The van der Waals surface area contributed by atoms with Crippen molar-refractivity contribution in [2.45, 2.75) is 6.92 Å². The molecule has 0 aliphatic heterocycles. The molecule has 0 saturated carbocycles. The molecule has 7 aromatic carbocycles. The third-order valence-electron chi connectivity index (χ3n) is 8.65. The van der Waals surface area contributed by atoms with Crippen molar-refractivity contribution in [1.29, 1.82) is 0 Å². The van der Waals surface area contributed by atoms with E-state index < -0.39 is 0 Å². The summed E-state index contributed by atoms with van der Waals surface area (Å²) in [6, 6.07) is 60.3. The van der Waals surface area contributed by atoms with Gasteiger partial charge >= 0.3 is 0 Å². The predicted molar refractivity (Wildman–Crippen MR) is 189 cm³/mol. The summed E-state index contributed by atoms with van der Waals surface area (Å²) in [5.74, 6) is 0.907. The van der Waals surface area contributed by atoms with Gasteiger partial charge in [0.2, 0.25) is 0 Å². The minimum atomic E-state index is 0.907. The van der Waals surface area contributed by atoms with Crippen molar-refractivity contribution in [3.8, 4) is 33.6 Å². The lowest BCUT2D eigenvalue weighted by Gasteiger charge is -2.27. The first-order valence-electron chi connectivity index (χ1n) is 15.4. The van der Waals surface area contributed by atoms with Gasteiger partial charge in [-0.25, -0.2) is 0 Å². The molecule has 0 radical (unpaired) electrons. The molecule has 0 bridgehead atoms. The number of para-hydroxylation sites is 1. The molecule has 8 aromatic rings. The van der Waals surface area contributed by atoms with E-state index in [0.717, 1.165) is 44.9 Å². The number of rotatable bonds is 6. The minimum absolute atomic E-state index is 0.907. The van der Waals surface area contributed by atoms with Gasteiger partial charge in [0, 0.05) is 33.3 Å². The maximum atomic E-state index is 6.39. The monoisotopic (exact) mass is 577 g/mol. The van der Waals surface area contributed by atoms with Gasteiger partial charge in [0.1, 0.15) is 11.3 Å². The molecule has 0 fully saturated rings. The van der Waals surface area contributed by atoms with Crippen molar-refractivity contribution in [3.05, 3.63) is 175 Å². The van der Waals surface area contributed by atoms with Crippen LogP contribution in [0.1, 0.15) is 5.56 Å². The standard InChI is InChI=1S/C43H31NO/c1-30-39-20-7-8-23-42(39)45-43(30)36-18-10-19-38(29-36)44(41-22-11-15-33-14-5-6-21-40(33)41)37-26-24-32(25-27-37)35-17-9-16-34(28-35)31-12-3-2-4-13-31/h2-29H,1H3. The summed E-state index contributed by atoms with van der Waals surface area (Å²) in [6.45, 7) is 2.14. The van der Waals surface area contributed by atoms with Crippen molar-refractivity contribution < 1.29 is 4.42 Å². The van der Waals surface area contributed by atoms with E-state index in [1.165, 1.54) is 33.0 Å². The van der Waals surface area contributed by atoms with Crippen LogP contribution in [0, 0.1) is 6.92 Å². The number of anilines is 3. The topological polar surface area (TPSA) is 16.4 Å². The van der Waals surface area contributed by atoms with Gasteiger partial charge in [0.25, 0.3) is 0 Å². The first-order valence-corrected chi connectivity index (χ1v) is 15.4. The smallest absolute Gasteiger partial charge is 0.138 e. The van der Waals surface area contributed by atoms with Crippen molar-refractivity contribution in [2.75, 3.05) is 4.90 Å². The molecule has 45 heavy (non-hydrogen) atoms. The van der Waals surface area contributed by atoms with E-state index >= 15 is 0 Å². The Bertz CT molecular complexity index is 2270. The van der Waals surface area contributed by atoms with E-state index in [-0.39, 0.29) is 0 Å². The molecule has 2 heteroatoms. The number of nitrogens with zero attached hydrogens (tertiary/aromatic N) is 1. The van der Waals surface area contributed by atoms with Crippen LogP contribution in [0.5, 0.6) is 0 Å². The molecule has 214 valence electrons. The molecule has 8 rings (SSSR count). The number of hydrogen-bond donors (Lipinski definition) is 0. The molecule has 1 aromatic heterocycles. The molecular weight excluding hydrogens is 546 g/mol. The van der Waals surface area contributed by atoms with Crippen LogP contribution >= 0.6 is 0 Å². The van der Waals surface area contributed by atoms with Crippen LogP contribution in [0.15, 0.2) is 174 Å². The second-order valence-electron chi connectivity index (χ2n) is 11.4. The molecule has 0 saturated heterocycles. The van der Waals surface area contributed by atoms with Crippen LogP contribution in [0.25, 0.3) is 55.3 Å². The highest BCUT2D eigenvalue weighted by Gasteiger charge is 2.18. The van der Waals surface area contributed by atoms with Crippen LogP contribution in [0.4, 0.5) is 17.1 Å². The van der Waals surface area contributed by atoms with E-state index in [1.54, 1.807) is 0 Å². The van der Waals surface area contributed by atoms with Crippen LogP contribution in [-0.2, 0) is 0 Å². The fraction of sp³-hybridized carbons (Fsp3) is 0.0233. The molecule has 1 heterocycles. The van der Waals surface area contributed by atoms with Crippen LogP contribution in [-0.4, -0.2) is 0 Å². The Balaban J connectivity index is 1.24. The Morgan fingerprint density at radius 2 is 1.02 bits per heavy atom. The van der Waals surface area contributed by atoms with E-state index in [4.69, 9.17) is 4.42 Å². The predicted octanol–water partition coefficient (Wildman–Crippen LogP) is 12.4. The fourth-order valence-electron chi connectivity index (χ4n) is 6.38. The summed E-state index contributed by atoms with van der Waals surface area (Å²) < 4.78 is 6.39. The average molecular weight is 578 g/mol. The van der Waals surface area contributed by atoms with E-state index in [9.17, 15) is 0 Å². The van der Waals surface area contributed by atoms with Gasteiger partial charge in [-0.05, 0) is 77.0 Å². The summed E-state index contributed by atoms with van der Waals surface area (Å²) in [5.41, 5.74) is 11.2. The Hall–Kier alpha value is -5.86. The third kappa shape index (κ3) is 4.97. The maximum absolute atomic E-state index is 6.39. The first kappa shape index (κ1) is 26.7. The lowest BCUT2D eigenvalue weighted by molar-refractivity contribution is 0.629. The Kier molecular flexibility index (Phi) is 6.73. The third-order valence-corrected chi connectivity index (χ3v) is 8.65. The summed E-state index contributed by atoms with van der Waals surface area (Å²) >= 11 is 0. The first-order chi connectivity index (χ1) is 22.2. The quantitative estimate of drug-likeness (QED) is 0.195. The number of hydrogen-bond acceptors (Lipinski definition) is 2. The summed E-state index contributed by atoms with van der Waals surface area (Å²) in [7, 11) is 0. The van der Waals surface area contributed by atoms with E-state index in [1.807, 2.05) is 12.1 Å². The van der Waals surface area contributed by atoms with E-state index in [0.29, 0.717) is 0 Å². The second-order valence-corrected chi connectivity index (χ2v) is 11.4. The van der Waals surface area contributed by atoms with Crippen LogP contribution in [0.3, 0.4) is 0 Å². The number of aryl methyl sites for hydroxylation is 1. The summed E-state index contributed by atoms with van der Waals surface area (Å²) in [5, 5.41) is 3.55. The van der Waals surface area contributed by atoms with Crippen molar-refractivity contribution >= 4 is 38.8 Å². The van der Waals surface area contributed by atoms with Gasteiger partial charge in [0.05, 0.1) is 5.69 Å². The maximum Gasteiger partial charge on any atom is 0.138 e. The number of benzene rings is 7. The molecule has 0 spiro atoms. The van der Waals surface area contributed by atoms with E-state index in [2.05, 4.69) is 170 Å². The average Bonchev–Trinajstić information content (AvgIpc) is 3.45. The minimum Gasteiger partial charge on any atom is -0.456 e. The fourth-order valence-corrected chi connectivity index (χ4v) is 6.38. The molecule has 0 aliphatic rings. The highest BCUT2D eigenvalue weighted by atomic mass is 16.3. The number of fused-ring (bicyclic) bond motifs is 2. The summed E-state index contributed by atoms with van der Waals surface area (Å²) in [6.07, 6.45) is 0. The Morgan fingerprint density at radius 1 is 0.422 bits per heavy atom. The molecule has 0 atom stereocenters. The summed E-state index contributed by atoms with van der Waals surface area (Å²) in [4.78, 5) is 2.36. The van der Waals surface area contributed by atoms with Gasteiger partial charge in [-0.2, -0.15) is 0 Å². The van der Waals surface area contributed by atoms with Crippen molar-refractivity contribution in [1.82, 2.24) is 0 Å². The lowest BCUT2D eigenvalue weighted by Crippen LogP contribution is -2.10. The highest BCUT2D eigenvalue weighted by molar-refractivity contribution is 5.99. The molecule has 0 unspecified atom stereocenters. The van der Waals surface area contributed by atoms with Gasteiger partial charge < -0.3 is 9.32 Å². The van der Waals surface area contributed by atoms with Crippen LogP contribution < -0.4 is 4.90 Å². The van der Waals surface area contributed by atoms with Crippen molar-refractivity contribution in [3.63, 3.8) is 0 Å². The van der Waals surface area contributed by atoms with Gasteiger partial charge in [-0.15, -0.1) is 0 Å². The van der Waals surface area contributed by atoms with Crippen LogP contribution in [0.2, 0.25) is 0 Å². The Morgan fingerprint density at radius 3 is 1.82 bits per heavy atom. The van der Waals surface area contributed by atoms with Crippen molar-refractivity contribution in [2.24, 2.45) is 0 Å². The number of furan rings is 1. The zero-order valence-electron chi connectivity index (χ0n) is 25.0. The Labute approximate surface area is 263 Å². The SMILES string of the molecule is Cc1c(-c2cccc(N(c3ccc(-c4cccc(-c5ccccc5)c4)cc3)c3cccc4ccccc34)c2)oc2ccccc12. The highest BCUT2D eigenvalue weighted by Crippen LogP contribution is 2.42. The lowest BCUT2D eigenvalue weighted by atomic mass is 9.98. The molecule has 2 nitrogen and oxygen atoms in total.